The van der Waals surface area contributed by atoms with Gasteiger partial charge in [-0.2, -0.15) is 0 Å². The molecule has 302 valence electrons. The van der Waals surface area contributed by atoms with Crippen LogP contribution in [0.5, 0.6) is 17.2 Å². The van der Waals surface area contributed by atoms with Crippen molar-refractivity contribution in [2.75, 3.05) is 17.6 Å². The smallest absolute Gasteiger partial charge is 0.326 e. The van der Waals surface area contributed by atoms with E-state index >= 15 is 0 Å². The number of nitrogens with zero attached hydrogens (tertiary/aromatic N) is 1. The number of rotatable bonds is 9. The lowest BCUT2D eigenvalue weighted by atomic mass is 10.0. The van der Waals surface area contributed by atoms with Crippen molar-refractivity contribution in [1.29, 1.82) is 0 Å². The number of halogens is 7. The molecule has 8 rings (SSSR count). The summed E-state index contributed by atoms with van der Waals surface area (Å²) in [5.74, 6) is -2.40. The second-order valence-electron chi connectivity index (χ2n) is 13.1. The predicted molar refractivity (Wildman–Crippen MR) is 241 cm³/mol. The topological polar surface area (TPSA) is 139 Å². The Kier molecular flexibility index (Phi) is 12.1. The van der Waals surface area contributed by atoms with Gasteiger partial charge in [-0.05, 0) is 66.2 Å². The lowest BCUT2D eigenvalue weighted by molar-refractivity contribution is -0.132. The van der Waals surface area contributed by atoms with Crippen LogP contribution < -0.4 is 14.2 Å². The van der Waals surface area contributed by atoms with Crippen molar-refractivity contribution < 1.29 is 28.6 Å². The largest absolute Gasteiger partial charge is 0.426 e. The third kappa shape index (κ3) is 8.29. The highest BCUT2D eigenvalue weighted by Gasteiger charge is 2.22. The van der Waals surface area contributed by atoms with Gasteiger partial charge in [0.1, 0.15) is 34.9 Å². The van der Waals surface area contributed by atoms with E-state index < -0.39 is 17.9 Å². The minimum atomic E-state index is -0.671. The minimum Gasteiger partial charge on any atom is -0.426 e. The molecule has 0 amide bonds. The first-order valence-electron chi connectivity index (χ1n) is 17.7. The van der Waals surface area contributed by atoms with E-state index in [0.29, 0.717) is 78.1 Å². The highest BCUT2D eigenvalue weighted by Crippen LogP contribution is 2.45. The number of H-pyrrole nitrogens is 3. The summed E-state index contributed by atoms with van der Waals surface area (Å²) in [6.45, 7) is 0. The van der Waals surface area contributed by atoms with E-state index in [4.69, 9.17) is 100 Å². The summed E-state index contributed by atoms with van der Waals surface area (Å²) < 4.78 is 16.0. The van der Waals surface area contributed by atoms with Gasteiger partial charge in [-0.3, -0.25) is 14.4 Å². The number of hydrogen-bond acceptors (Lipinski definition) is 7. The Morgan fingerprint density at radius 1 is 0.433 bits per heavy atom. The summed E-state index contributed by atoms with van der Waals surface area (Å²) in [6, 6.07) is 24.2. The van der Waals surface area contributed by atoms with Gasteiger partial charge in [-0.15, -0.1) is 34.8 Å². The second-order valence-corrected chi connectivity index (χ2v) is 15.5. The Bertz CT molecular complexity index is 3000. The third-order valence-electron chi connectivity index (χ3n) is 9.27. The van der Waals surface area contributed by atoms with Crippen LogP contribution in [-0.4, -0.2) is 55.5 Å². The van der Waals surface area contributed by atoms with Crippen LogP contribution in [0.15, 0.2) is 84.9 Å². The van der Waals surface area contributed by atoms with E-state index in [1.165, 1.54) is 24.3 Å². The monoisotopic (exact) mass is 938 g/mol. The molecule has 8 bridgehead atoms. The Balaban J connectivity index is 1.46. The van der Waals surface area contributed by atoms with Gasteiger partial charge < -0.3 is 29.2 Å². The molecule has 0 spiro atoms. The van der Waals surface area contributed by atoms with E-state index in [1.54, 1.807) is 12.1 Å². The number of hydrogen-bond donors (Lipinski definition) is 3. The lowest BCUT2D eigenvalue weighted by Gasteiger charge is -2.12. The van der Waals surface area contributed by atoms with Crippen molar-refractivity contribution in [1.82, 2.24) is 19.9 Å². The number of aromatic nitrogens is 4. The summed E-state index contributed by atoms with van der Waals surface area (Å²) in [4.78, 5) is 51.7. The average molecular weight is 942 g/mol. The van der Waals surface area contributed by atoms with Crippen molar-refractivity contribution in [3.8, 4) is 50.6 Å². The van der Waals surface area contributed by atoms with Gasteiger partial charge in [0.25, 0.3) is 0 Å². The molecule has 0 unspecified atom stereocenters. The van der Waals surface area contributed by atoms with E-state index in [-0.39, 0.29) is 49.2 Å². The molecular formula is C43H25Cl7N4O6. The maximum Gasteiger partial charge on any atom is 0.326 e. The van der Waals surface area contributed by atoms with Crippen molar-refractivity contribution in [2.45, 2.75) is 0 Å². The predicted octanol–water partition coefficient (Wildman–Crippen LogP) is 12.7. The van der Waals surface area contributed by atoms with Crippen molar-refractivity contribution in [3.05, 3.63) is 116 Å². The number of alkyl halides is 3. The first-order chi connectivity index (χ1) is 28.9. The molecule has 60 heavy (non-hydrogen) atoms. The second kappa shape index (κ2) is 17.4. The van der Waals surface area contributed by atoms with Crippen LogP contribution in [0.3, 0.4) is 0 Å². The Morgan fingerprint density at radius 2 is 0.800 bits per heavy atom. The van der Waals surface area contributed by atoms with Gasteiger partial charge in [0, 0.05) is 79.7 Å². The van der Waals surface area contributed by atoms with Crippen molar-refractivity contribution in [3.63, 3.8) is 0 Å². The summed E-state index contributed by atoms with van der Waals surface area (Å²) in [5.41, 5.74) is 8.39. The van der Waals surface area contributed by atoms with Crippen LogP contribution in [0.4, 0.5) is 0 Å². The van der Waals surface area contributed by atoms with E-state index in [9.17, 15) is 14.4 Å². The molecule has 0 radical (unpaired) electrons. The van der Waals surface area contributed by atoms with Gasteiger partial charge in [0.05, 0.1) is 37.0 Å². The zero-order valence-electron chi connectivity index (χ0n) is 30.4. The van der Waals surface area contributed by atoms with Gasteiger partial charge in [-0.25, -0.2) is 4.98 Å². The Hall–Kier alpha value is -5.17. The van der Waals surface area contributed by atoms with Crippen LogP contribution in [0.25, 0.3) is 78.6 Å². The molecule has 5 heterocycles. The molecule has 0 fully saturated rings. The number of ether oxygens (including phenoxy) is 3. The summed E-state index contributed by atoms with van der Waals surface area (Å²) >= 11 is 44.9. The average Bonchev–Trinajstić information content (AvgIpc) is 4.07. The highest BCUT2D eigenvalue weighted by molar-refractivity contribution is 6.41. The first kappa shape index (κ1) is 41.6. The van der Waals surface area contributed by atoms with Crippen LogP contribution in [-0.2, 0) is 14.4 Å². The summed E-state index contributed by atoms with van der Waals surface area (Å²) in [5, 5.41) is 0.774. The van der Waals surface area contributed by atoms with Crippen molar-refractivity contribution in [2.24, 2.45) is 0 Å². The van der Waals surface area contributed by atoms with E-state index in [0.717, 1.165) is 5.56 Å². The Morgan fingerprint density at radius 3 is 1.27 bits per heavy atom. The van der Waals surface area contributed by atoms with Gasteiger partial charge >= 0.3 is 17.9 Å². The number of aromatic amines is 3. The number of carbonyl (C=O) groups excluding carboxylic acids is 3. The number of carbonyl (C=O) groups is 3. The van der Waals surface area contributed by atoms with Crippen LogP contribution in [0.1, 0.15) is 11.4 Å². The molecule has 0 atom stereocenters. The van der Waals surface area contributed by atoms with Crippen LogP contribution in [0.2, 0.25) is 20.1 Å². The molecule has 10 nitrogen and oxygen atoms in total. The maximum atomic E-state index is 12.0. The number of esters is 3. The van der Waals surface area contributed by atoms with Gasteiger partial charge in [-0.1, -0.05) is 58.5 Å². The highest BCUT2D eigenvalue weighted by atomic mass is 35.5. The number of benzene rings is 3. The minimum absolute atomic E-state index is 0.121. The molecule has 0 aliphatic carbocycles. The molecule has 17 heteroatoms. The molecule has 1 aliphatic heterocycles. The molecule has 3 N–H and O–H groups in total. The first-order valence-corrected chi connectivity index (χ1v) is 20.8. The zero-order chi connectivity index (χ0) is 42.2. The summed E-state index contributed by atoms with van der Waals surface area (Å²) in [7, 11) is 0. The Labute approximate surface area is 375 Å². The van der Waals surface area contributed by atoms with Crippen molar-refractivity contribution >= 4 is 144 Å². The molecule has 0 saturated carbocycles. The van der Waals surface area contributed by atoms with E-state index in [1.807, 2.05) is 60.7 Å². The normalized spacial score (nSPS) is 11.6. The fraction of sp³-hybridized carbons (Fsp3) is 0.0698. The molecule has 1 aliphatic rings. The van der Waals surface area contributed by atoms with Crippen LogP contribution >= 0.6 is 81.2 Å². The third-order valence-corrected chi connectivity index (χ3v) is 11.1. The standard InChI is InChI=1S/C43H25Cl7N4O6/c44-17-36(55)58-21-3-1-20(2-4-21)39-30-9-11-34(53-30)42(40-24(47)13-22(14-25(40)48)59-37(56)18-45)32-7-5-28(51-32)29-6-8-33(52-29)43(35-12-10-31(39)54-35)41-26(49)15-23(16-27(41)50)60-38(57)19-46/h1-16,51,53-54H,17-19H2. The van der Waals surface area contributed by atoms with Gasteiger partial charge in [0.15, 0.2) is 0 Å². The van der Waals surface area contributed by atoms with E-state index in [2.05, 4.69) is 15.0 Å². The maximum absolute atomic E-state index is 12.0. The lowest BCUT2D eigenvalue weighted by Crippen LogP contribution is -2.08. The molecule has 4 aromatic heterocycles. The summed E-state index contributed by atoms with van der Waals surface area (Å²) in [6.07, 6.45) is 3.69. The molecular weight excluding hydrogens is 917 g/mol. The fourth-order valence-electron chi connectivity index (χ4n) is 6.85. The molecule has 0 saturated heterocycles. The quantitative estimate of drug-likeness (QED) is 0.0744. The van der Waals surface area contributed by atoms with Crippen LogP contribution in [0, 0.1) is 0 Å². The zero-order valence-corrected chi connectivity index (χ0v) is 35.7. The molecule has 3 aromatic carbocycles. The number of fused-ring (bicyclic) bond motifs is 9. The molecule has 7 aromatic rings. The fourth-order valence-corrected chi connectivity index (χ4v) is 8.32. The number of nitrogens with one attached hydrogen (secondary N) is 3. The van der Waals surface area contributed by atoms with Gasteiger partial charge in [0.2, 0.25) is 0 Å². The SMILES string of the molecule is O=C(CCl)Oc1ccc(-c2c3ccc([nH]3)c(-c3c(Cl)cc(OC(=O)CCl)cc3Cl)c3nc(c4ccc([nH]4)c(-c4c(Cl)cc(OC(=O)CCl)cc4Cl)c4ccc2[nH]4)C=C3)cc1.